The monoisotopic (exact) mass is 622 g/mol. The van der Waals surface area contributed by atoms with Crippen LogP contribution in [0.1, 0.15) is 96.4 Å². The topological polar surface area (TPSA) is 52.6 Å². The van der Waals surface area contributed by atoms with Crippen molar-refractivity contribution in [3.63, 3.8) is 0 Å². The number of carbonyl (C=O) groups excluding carboxylic acids is 2. The molecule has 0 radical (unpaired) electrons. The third-order valence-electron chi connectivity index (χ3n) is 10.2. The first-order valence-electron chi connectivity index (χ1n) is 16.5. The zero-order valence-corrected chi connectivity index (χ0v) is 28.4. The van der Waals surface area contributed by atoms with Crippen molar-refractivity contribution in [2.45, 2.75) is 103 Å². The van der Waals surface area contributed by atoms with Crippen LogP contribution >= 0.6 is 23.1 Å². The predicted octanol–water partition coefficient (Wildman–Crippen LogP) is 9.61. The van der Waals surface area contributed by atoms with Gasteiger partial charge in [-0.05, 0) is 78.2 Å². The van der Waals surface area contributed by atoms with E-state index in [1.165, 1.54) is 24.6 Å². The molecule has 6 heteroatoms. The molecule has 2 fully saturated rings. The molecule has 9 atom stereocenters. The fourth-order valence-corrected chi connectivity index (χ4v) is 9.81. The second kappa shape index (κ2) is 14.4. The van der Waals surface area contributed by atoms with Crippen LogP contribution in [0, 0.1) is 41.4 Å². The van der Waals surface area contributed by atoms with Crippen molar-refractivity contribution in [3.8, 4) is 0 Å². The van der Waals surface area contributed by atoms with Crippen LogP contribution in [0.5, 0.6) is 0 Å². The molecular weight excluding hydrogens is 573 g/mol. The Morgan fingerprint density at radius 2 is 1.35 bits per heavy atom. The van der Waals surface area contributed by atoms with Crippen LogP contribution < -0.4 is 0 Å². The predicted molar refractivity (Wildman–Crippen MR) is 179 cm³/mol. The lowest BCUT2D eigenvalue weighted by Gasteiger charge is -2.41. The van der Waals surface area contributed by atoms with Crippen LogP contribution in [0.3, 0.4) is 0 Å². The van der Waals surface area contributed by atoms with Gasteiger partial charge in [0.25, 0.3) is 0 Å². The zero-order chi connectivity index (χ0) is 30.7. The second-order valence-electron chi connectivity index (χ2n) is 14.1. The van der Waals surface area contributed by atoms with Gasteiger partial charge in [-0.15, -0.1) is 23.1 Å². The summed E-state index contributed by atoms with van der Waals surface area (Å²) < 4.78 is 13.0. The molecule has 2 aromatic rings. The molecule has 3 aliphatic rings. The first-order chi connectivity index (χ1) is 20.6. The minimum Gasteiger partial charge on any atom is -0.462 e. The summed E-state index contributed by atoms with van der Waals surface area (Å²) >= 11 is 3.13. The Hall–Kier alpha value is -2.05. The Morgan fingerprint density at radius 3 is 1.88 bits per heavy atom. The molecule has 1 aromatic carbocycles. The largest absolute Gasteiger partial charge is 0.462 e. The lowest BCUT2D eigenvalue weighted by atomic mass is 9.75. The van der Waals surface area contributed by atoms with Crippen molar-refractivity contribution in [1.29, 1.82) is 0 Å². The SMILES string of the molecule is CC(C)[C@@H]1CC[C@@H](C)C[C@H]1OC(=O)[C@@H]1[C@@H](C(=O)O[C@@H]2C[C@H](C)CC[C@H]2C(C)C)SC(c2ccccc2)=C[C@@H]1c1cccs1. The summed E-state index contributed by atoms with van der Waals surface area (Å²) in [7, 11) is 0. The van der Waals surface area contributed by atoms with E-state index in [1.807, 2.05) is 24.3 Å². The van der Waals surface area contributed by atoms with E-state index in [-0.39, 0.29) is 30.1 Å². The molecule has 0 spiro atoms. The van der Waals surface area contributed by atoms with Crippen molar-refractivity contribution in [3.05, 3.63) is 64.4 Å². The van der Waals surface area contributed by atoms with E-state index in [0.717, 1.165) is 41.0 Å². The number of allylic oxidation sites excluding steroid dienone is 1. The average molecular weight is 623 g/mol. The zero-order valence-electron chi connectivity index (χ0n) is 26.7. The van der Waals surface area contributed by atoms with Crippen LogP contribution in [0.4, 0.5) is 0 Å². The van der Waals surface area contributed by atoms with Crippen molar-refractivity contribution in [2.75, 3.05) is 0 Å². The Kier molecular flexibility index (Phi) is 10.8. The normalized spacial score (nSPS) is 33.2. The maximum absolute atomic E-state index is 14.5. The van der Waals surface area contributed by atoms with Gasteiger partial charge in [-0.3, -0.25) is 9.59 Å². The summed E-state index contributed by atoms with van der Waals surface area (Å²) in [4.78, 5) is 30.9. The fourth-order valence-electron chi connectivity index (χ4n) is 7.62. The number of esters is 2. The van der Waals surface area contributed by atoms with E-state index < -0.39 is 11.2 Å². The van der Waals surface area contributed by atoms with Gasteiger partial charge >= 0.3 is 11.9 Å². The highest BCUT2D eigenvalue weighted by atomic mass is 32.2. The number of benzene rings is 1. The van der Waals surface area contributed by atoms with E-state index in [0.29, 0.717) is 35.5 Å². The van der Waals surface area contributed by atoms with Gasteiger partial charge in [0.2, 0.25) is 0 Å². The molecule has 1 aromatic heterocycles. The van der Waals surface area contributed by atoms with Crippen molar-refractivity contribution in [2.24, 2.45) is 41.4 Å². The highest BCUT2D eigenvalue weighted by Crippen LogP contribution is 2.50. The molecule has 5 rings (SSSR count). The van der Waals surface area contributed by atoms with Crippen LogP contribution in [0.15, 0.2) is 53.9 Å². The van der Waals surface area contributed by atoms with E-state index >= 15 is 0 Å². The van der Waals surface area contributed by atoms with E-state index in [4.69, 9.17) is 9.47 Å². The lowest BCUT2D eigenvalue weighted by molar-refractivity contribution is -0.167. The maximum Gasteiger partial charge on any atom is 0.320 e. The molecule has 2 aliphatic carbocycles. The quantitative estimate of drug-likeness (QED) is 0.274. The number of hydrogen-bond acceptors (Lipinski definition) is 6. The molecule has 0 N–H and O–H groups in total. The maximum atomic E-state index is 14.5. The van der Waals surface area contributed by atoms with Crippen LogP contribution in [0.25, 0.3) is 4.91 Å². The highest BCUT2D eigenvalue weighted by Gasteiger charge is 2.48. The summed E-state index contributed by atoms with van der Waals surface area (Å²) in [5, 5.41) is 1.38. The van der Waals surface area contributed by atoms with E-state index in [2.05, 4.69) is 71.2 Å². The summed E-state index contributed by atoms with van der Waals surface area (Å²) in [6, 6.07) is 14.3. The second-order valence-corrected chi connectivity index (χ2v) is 16.3. The fraction of sp³-hybridized carbons (Fsp3) is 0.622. The van der Waals surface area contributed by atoms with Crippen molar-refractivity contribution in [1.82, 2.24) is 0 Å². The molecular formula is C37H50O4S2. The Balaban J connectivity index is 1.51. The van der Waals surface area contributed by atoms with Gasteiger partial charge in [-0.1, -0.05) is 96.9 Å². The minimum atomic E-state index is -0.677. The average Bonchev–Trinajstić information content (AvgIpc) is 3.52. The van der Waals surface area contributed by atoms with Gasteiger partial charge in [-0.2, -0.15) is 0 Å². The van der Waals surface area contributed by atoms with Crippen LogP contribution in [-0.4, -0.2) is 29.4 Å². The molecule has 1 aliphatic heterocycles. The first kappa shape index (κ1) is 32.3. The van der Waals surface area contributed by atoms with Gasteiger partial charge in [0.15, 0.2) is 0 Å². The number of thioether (sulfide) groups is 1. The smallest absolute Gasteiger partial charge is 0.320 e. The van der Waals surface area contributed by atoms with Gasteiger partial charge < -0.3 is 9.47 Å². The molecule has 0 amide bonds. The third-order valence-corrected chi connectivity index (χ3v) is 12.5. The minimum absolute atomic E-state index is 0.120. The van der Waals surface area contributed by atoms with Crippen LogP contribution in [0.2, 0.25) is 0 Å². The van der Waals surface area contributed by atoms with Gasteiger partial charge in [0.05, 0.1) is 5.92 Å². The number of rotatable bonds is 8. The Morgan fingerprint density at radius 1 is 0.767 bits per heavy atom. The molecule has 2 saturated carbocycles. The molecule has 43 heavy (non-hydrogen) atoms. The standard InChI is InChI=1S/C37H50O4S2/c1-22(2)27-16-14-24(5)19-30(27)40-36(38)34-29(32-13-10-18-42-32)21-33(26-11-8-7-9-12-26)43-35(34)37(39)41-31-20-25(6)15-17-28(31)23(3)4/h7-13,18,21-25,27-31,34-35H,14-17,19-20H2,1-6H3/t24-,25-,27+,28+,29-,30-,31-,34+,35+/m1/s1. The summed E-state index contributed by atoms with van der Waals surface area (Å²) in [5.41, 5.74) is 1.06. The molecule has 0 bridgehead atoms. The molecule has 234 valence electrons. The molecule has 0 saturated heterocycles. The Labute approximate surface area is 267 Å². The van der Waals surface area contributed by atoms with E-state index in [9.17, 15) is 9.59 Å². The van der Waals surface area contributed by atoms with Gasteiger partial charge in [0.1, 0.15) is 17.5 Å². The molecule has 2 heterocycles. The number of thiophene rings is 1. The number of carbonyl (C=O) groups is 2. The van der Waals surface area contributed by atoms with Crippen LogP contribution in [-0.2, 0) is 19.1 Å². The van der Waals surface area contributed by atoms with Crippen molar-refractivity contribution < 1.29 is 19.1 Å². The molecule has 4 nitrogen and oxygen atoms in total. The van der Waals surface area contributed by atoms with Gasteiger partial charge in [-0.25, -0.2) is 0 Å². The first-order valence-corrected chi connectivity index (χ1v) is 18.3. The van der Waals surface area contributed by atoms with E-state index in [1.54, 1.807) is 11.3 Å². The summed E-state index contributed by atoms with van der Waals surface area (Å²) in [5.74, 6) is 1.17. The highest BCUT2D eigenvalue weighted by molar-refractivity contribution is 8.09. The Bertz CT molecular complexity index is 1240. The summed E-state index contributed by atoms with van der Waals surface area (Å²) in [6.07, 6.45) is 8.21. The summed E-state index contributed by atoms with van der Waals surface area (Å²) in [6.45, 7) is 13.4. The van der Waals surface area contributed by atoms with Gasteiger partial charge in [0, 0.05) is 15.7 Å². The molecule has 0 unspecified atom stereocenters. The third kappa shape index (κ3) is 7.61. The number of hydrogen-bond donors (Lipinski definition) is 0. The number of ether oxygens (including phenoxy) is 2. The lowest BCUT2D eigenvalue weighted by Crippen LogP contribution is -2.45. The van der Waals surface area contributed by atoms with Crippen molar-refractivity contribution >= 4 is 39.9 Å².